The Balaban J connectivity index is 2.39. The fourth-order valence-corrected chi connectivity index (χ4v) is 4.27. The molecule has 0 fully saturated rings. The van der Waals surface area contributed by atoms with E-state index in [9.17, 15) is 0 Å². The van der Waals surface area contributed by atoms with Gasteiger partial charge in [-0.1, -0.05) is 27.5 Å². The molecule has 1 unspecified atom stereocenters. The Labute approximate surface area is 131 Å². The second-order valence-corrected chi connectivity index (χ2v) is 7.55. The number of benzene rings is 1. The summed E-state index contributed by atoms with van der Waals surface area (Å²) in [5.41, 5.74) is 1.000. The molecule has 0 saturated heterocycles. The summed E-state index contributed by atoms with van der Waals surface area (Å²) in [6, 6.07) is 7.80. The third-order valence-corrected chi connectivity index (χ3v) is 5.80. The topological polar surface area (TPSA) is 0 Å². The van der Waals surface area contributed by atoms with Crippen LogP contribution in [-0.2, 0) is 0 Å². The van der Waals surface area contributed by atoms with Crippen molar-refractivity contribution in [2.75, 3.05) is 0 Å². The molecule has 0 aliphatic rings. The molecule has 5 heteroatoms. The monoisotopic (exact) mass is 412 g/mol. The Hall–Kier alpha value is 0.460. The lowest BCUT2D eigenvalue weighted by Crippen LogP contribution is -1.90. The number of hydrogen-bond acceptors (Lipinski definition) is 1. The molecule has 0 nitrogen and oxygen atoms in total. The largest absolute Gasteiger partial charge is 0.143 e. The summed E-state index contributed by atoms with van der Waals surface area (Å²) < 4.78 is 2.04. The van der Waals surface area contributed by atoms with Gasteiger partial charge in [-0.15, -0.1) is 22.9 Å². The maximum absolute atomic E-state index is 6.47. The van der Waals surface area contributed by atoms with E-state index in [2.05, 4.69) is 44.8 Å². The van der Waals surface area contributed by atoms with Crippen LogP contribution >= 0.6 is 66.4 Å². The molecule has 0 aliphatic heterocycles. The molecular formula is C12H8Br2Cl2S. The molecule has 0 spiro atoms. The van der Waals surface area contributed by atoms with Crippen molar-refractivity contribution in [2.24, 2.45) is 0 Å². The Morgan fingerprint density at radius 2 is 1.88 bits per heavy atom. The van der Waals surface area contributed by atoms with Crippen molar-refractivity contribution in [1.82, 2.24) is 0 Å². The highest BCUT2D eigenvalue weighted by Gasteiger charge is 2.15. The average Bonchev–Trinajstić information content (AvgIpc) is 2.57. The maximum atomic E-state index is 6.47. The lowest BCUT2D eigenvalue weighted by atomic mass is 10.1. The van der Waals surface area contributed by atoms with Gasteiger partial charge in [-0.2, -0.15) is 0 Å². The molecule has 0 N–H and O–H groups in total. The van der Waals surface area contributed by atoms with E-state index in [0.717, 1.165) is 19.4 Å². The molecule has 0 radical (unpaired) electrons. The van der Waals surface area contributed by atoms with Crippen molar-refractivity contribution < 1.29 is 0 Å². The lowest BCUT2D eigenvalue weighted by molar-refractivity contribution is 1.18. The van der Waals surface area contributed by atoms with Crippen molar-refractivity contribution in [3.05, 3.63) is 53.6 Å². The van der Waals surface area contributed by atoms with Gasteiger partial charge in [-0.05, 0) is 52.7 Å². The van der Waals surface area contributed by atoms with Crippen LogP contribution in [0, 0.1) is 6.92 Å². The number of thiophene rings is 1. The molecule has 90 valence electrons. The molecule has 17 heavy (non-hydrogen) atoms. The van der Waals surface area contributed by atoms with Gasteiger partial charge in [-0.25, -0.2) is 0 Å². The zero-order valence-corrected chi connectivity index (χ0v) is 14.3. The van der Waals surface area contributed by atoms with E-state index in [0.29, 0.717) is 5.02 Å². The fourth-order valence-electron chi connectivity index (χ4n) is 1.49. The van der Waals surface area contributed by atoms with Crippen LogP contribution in [0.3, 0.4) is 0 Å². The van der Waals surface area contributed by atoms with Crippen LogP contribution in [0.2, 0.25) is 5.02 Å². The summed E-state index contributed by atoms with van der Waals surface area (Å²) in [5, 5.41) is 0.521. The van der Waals surface area contributed by atoms with Crippen LogP contribution in [0.15, 0.2) is 33.2 Å². The number of rotatable bonds is 2. The first-order chi connectivity index (χ1) is 7.97. The molecule has 1 aromatic heterocycles. The maximum Gasteiger partial charge on any atom is 0.0929 e. The minimum Gasteiger partial charge on any atom is -0.143 e. The van der Waals surface area contributed by atoms with Crippen LogP contribution in [0.5, 0.6) is 0 Å². The van der Waals surface area contributed by atoms with Crippen LogP contribution in [0.4, 0.5) is 0 Å². The predicted octanol–water partition coefficient (Wildman–Crippen LogP) is 6.56. The Morgan fingerprint density at radius 1 is 1.18 bits per heavy atom. The summed E-state index contributed by atoms with van der Waals surface area (Å²) in [6.45, 7) is 2.07. The summed E-state index contributed by atoms with van der Waals surface area (Å²) in [7, 11) is 0. The first-order valence-corrected chi connectivity index (χ1v) is 8.05. The van der Waals surface area contributed by atoms with Crippen molar-refractivity contribution in [3.8, 4) is 0 Å². The zero-order chi connectivity index (χ0) is 12.6. The van der Waals surface area contributed by atoms with Crippen molar-refractivity contribution in [1.29, 1.82) is 0 Å². The van der Waals surface area contributed by atoms with Gasteiger partial charge in [0.25, 0.3) is 0 Å². The van der Waals surface area contributed by atoms with Crippen LogP contribution in [0.25, 0.3) is 0 Å². The Morgan fingerprint density at radius 3 is 2.41 bits per heavy atom. The second-order valence-electron chi connectivity index (χ2n) is 3.62. The first kappa shape index (κ1) is 13.9. The highest BCUT2D eigenvalue weighted by Crippen LogP contribution is 2.38. The quantitative estimate of drug-likeness (QED) is 0.488. The molecule has 2 rings (SSSR count). The number of hydrogen-bond donors (Lipinski definition) is 0. The Kier molecular flexibility index (Phi) is 4.59. The second kappa shape index (κ2) is 5.62. The molecule has 0 amide bonds. The summed E-state index contributed by atoms with van der Waals surface area (Å²) in [6.07, 6.45) is 0. The molecular weight excluding hydrogens is 407 g/mol. The van der Waals surface area contributed by atoms with E-state index in [1.807, 2.05) is 18.2 Å². The predicted molar refractivity (Wildman–Crippen MR) is 83.6 cm³/mol. The molecule has 1 aromatic carbocycles. The van der Waals surface area contributed by atoms with E-state index in [-0.39, 0.29) is 5.38 Å². The third kappa shape index (κ3) is 3.27. The van der Waals surface area contributed by atoms with Crippen LogP contribution < -0.4 is 0 Å². The van der Waals surface area contributed by atoms with E-state index < -0.39 is 0 Å². The van der Waals surface area contributed by atoms with Gasteiger partial charge in [0.15, 0.2) is 0 Å². The minimum atomic E-state index is -0.167. The van der Waals surface area contributed by atoms with E-state index in [1.165, 1.54) is 4.88 Å². The molecule has 0 bridgehead atoms. The van der Waals surface area contributed by atoms with E-state index in [4.69, 9.17) is 23.2 Å². The fraction of sp³-hybridized carbons (Fsp3) is 0.167. The van der Waals surface area contributed by atoms with Gasteiger partial charge in [0.2, 0.25) is 0 Å². The molecule has 1 atom stereocenters. The summed E-state index contributed by atoms with van der Waals surface area (Å²) >= 11 is 21.1. The lowest BCUT2D eigenvalue weighted by Gasteiger charge is -2.08. The summed E-state index contributed by atoms with van der Waals surface area (Å²) in [5.74, 6) is 0. The van der Waals surface area contributed by atoms with Crippen molar-refractivity contribution in [3.63, 3.8) is 0 Å². The van der Waals surface area contributed by atoms with E-state index in [1.54, 1.807) is 11.3 Å². The number of alkyl halides is 1. The third-order valence-electron chi connectivity index (χ3n) is 2.30. The standard InChI is InChI=1S/C12H8Br2Cl2S/c1-6-10(14)5-11(17-6)12(16)7-2-8(13)4-9(15)3-7/h2-5,12H,1H3. The van der Waals surface area contributed by atoms with Gasteiger partial charge >= 0.3 is 0 Å². The summed E-state index contributed by atoms with van der Waals surface area (Å²) in [4.78, 5) is 2.34. The van der Waals surface area contributed by atoms with Gasteiger partial charge < -0.3 is 0 Å². The van der Waals surface area contributed by atoms with Gasteiger partial charge in [0.05, 0.1) is 5.38 Å². The molecule has 0 saturated carbocycles. The van der Waals surface area contributed by atoms with Crippen LogP contribution in [0.1, 0.15) is 20.7 Å². The molecule has 0 aliphatic carbocycles. The highest BCUT2D eigenvalue weighted by molar-refractivity contribution is 9.10. The molecule has 1 heterocycles. The minimum absolute atomic E-state index is 0.167. The number of aryl methyl sites for hydroxylation is 1. The van der Waals surface area contributed by atoms with E-state index >= 15 is 0 Å². The first-order valence-electron chi connectivity index (χ1n) is 4.83. The highest BCUT2D eigenvalue weighted by atomic mass is 79.9. The number of halogens is 4. The zero-order valence-electron chi connectivity index (χ0n) is 8.81. The smallest absolute Gasteiger partial charge is 0.0929 e. The van der Waals surface area contributed by atoms with Crippen molar-refractivity contribution >= 4 is 66.4 Å². The normalized spacial score (nSPS) is 12.8. The molecule has 2 aromatic rings. The van der Waals surface area contributed by atoms with Crippen LogP contribution in [-0.4, -0.2) is 0 Å². The Bertz CT molecular complexity index is 512. The van der Waals surface area contributed by atoms with Crippen molar-refractivity contribution in [2.45, 2.75) is 12.3 Å². The van der Waals surface area contributed by atoms with Gasteiger partial charge in [-0.3, -0.25) is 0 Å². The average molecular weight is 415 g/mol. The van der Waals surface area contributed by atoms with Gasteiger partial charge in [0.1, 0.15) is 0 Å². The van der Waals surface area contributed by atoms with Gasteiger partial charge in [0, 0.05) is 23.7 Å². The SMILES string of the molecule is Cc1sc(C(Cl)c2cc(Cl)cc(Br)c2)cc1Br.